The van der Waals surface area contributed by atoms with E-state index in [-0.39, 0.29) is 5.60 Å². The zero-order valence-electron chi connectivity index (χ0n) is 12.1. The standard InChI is InChI=1S/C16H25NO/c1-5-8-17-11-16(6-7-16)18-15-13(3)9-12(2)10-14(15)4/h9-10,17H,5-8,11H2,1-4H3. The summed E-state index contributed by atoms with van der Waals surface area (Å²) in [6, 6.07) is 4.41. The van der Waals surface area contributed by atoms with Gasteiger partial charge in [-0.2, -0.15) is 0 Å². The summed E-state index contributed by atoms with van der Waals surface area (Å²) in [5.74, 6) is 1.09. The summed E-state index contributed by atoms with van der Waals surface area (Å²) in [6.45, 7) is 10.7. The van der Waals surface area contributed by atoms with E-state index in [2.05, 4.69) is 45.1 Å². The first kappa shape index (κ1) is 13.4. The van der Waals surface area contributed by atoms with E-state index < -0.39 is 0 Å². The van der Waals surface area contributed by atoms with Gasteiger partial charge in [-0.15, -0.1) is 0 Å². The first-order valence-corrected chi connectivity index (χ1v) is 7.04. The van der Waals surface area contributed by atoms with E-state index in [1.165, 1.54) is 36.0 Å². The van der Waals surface area contributed by atoms with Gasteiger partial charge in [-0.05, 0) is 57.7 Å². The predicted molar refractivity (Wildman–Crippen MR) is 76.4 cm³/mol. The Morgan fingerprint density at radius 2 is 1.78 bits per heavy atom. The van der Waals surface area contributed by atoms with Gasteiger partial charge in [0.05, 0.1) is 0 Å². The zero-order valence-corrected chi connectivity index (χ0v) is 12.1. The molecule has 1 fully saturated rings. The average Bonchev–Trinajstić information content (AvgIpc) is 3.05. The van der Waals surface area contributed by atoms with Gasteiger partial charge in [0.2, 0.25) is 0 Å². The van der Waals surface area contributed by atoms with Crippen LogP contribution in [0.15, 0.2) is 12.1 Å². The van der Waals surface area contributed by atoms with E-state index >= 15 is 0 Å². The smallest absolute Gasteiger partial charge is 0.126 e. The molecule has 0 saturated heterocycles. The van der Waals surface area contributed by atoms with E-state index in [9.17, 15) is 0 Å². The summed E-state index contributed by atoms with van der Waals surface area (Å²) in [6.07, 6.45) is 3.53. The molecule has 0 heterocycles. The third kappa shape index (κ3) is 3.05. The summed E-state index contributed by atoms with van der Waals surface area (Å²) < 4.78 is 6.31. The van der Waals surface area contributed by atoms with Gasteiger partial charge in [0.15, 0.2) is 0 Å². The minimum Gasteiger partial charge on any atom is -0.485 e. The molecular formula is C16H25NO. The van der Waals surface area contributed by atoms with Crippen LogP contribution in [-0.2, 0) is 0 Å². The van der Waals surface area contributed by atoms with Crippen LogP contribution in [-0.4, -0.2) is 18.7 Å². The van der Waals surface area contributed by atoms with Crippen LogP contribution in [0.5, 0.6) is 5.75 Å². The molecular weight excluding hydrogens is 222 g/mol. The lowest BCUT2D eigenvalue weighted by Gasteiger charge is -2.22. The molecule has 100 valence electrons. The summed E-state index contributed by atoms with van der Waals surface area (Å²) in [4.78, 5) is 0. The van der Waals surface area contributed by atoms with E-state index in [0.717, 1.165) is 18.8 Å². The summed E-state index contributed by atoms with van der Waals surface area (Å²) in [7, 11) is 0. The molecule has 0 aromatic heterocycles. The lowest BCUT2D eigenvalue weighted by molar-refractivity contribution is 0.173. The predicted octanol–water partition coefficient (Wildman–Crippen LogP) is 3.52. The van der Waals surface area contributed by atoms with E-state index in [1.807, 2.05) is 0 Å². The molecule has 0 amide bonds. The summed E-state index contributed by atoms with van der Waals surface area (Å²) in [5.41, 5.74) is 3.90. The maximum absolute atomic E-state index is 6.31. The highest BCUT2D eigenvalue weighted by molar-refractivity contribution is 5.43. The SMILES string of the molecule is CCCNCC1(Oc2c(C)cc(C)cc2C)CC1. The van der Waals surface area contributed by atoms with Gasteiger partial charge in [-0.1, -0.05) is 24.6 Å². The number of ether oxygens (including phenoxy) is 1. The molecule has 2 nitrogen and oxygen atoms in total. The van der Waals surface area contributed by atoms with Gasteiger partial charge < -0.3 is 10.1 Å². The van der Waals surface area contributed by atoms with Gasteiger partial charge in [0.1, 0.15) is 11.4 Å². The van der Waals surface area contributed by atoms with Crippen molar-refractivity contribution in [2.45, 2.75) is 52.6 Å². The van der Waals surface area contributed by atoms with Gasteiger partial charge in [-0.3, -0.25) is 0 Å². The monoisotopic (exact) mass is 247 g/mol. The molecule has 1 aromatic carbocycles. The number of nitrogens with one attached hydrogen (secondary N) is 1. The lowest BCUT2D eigenvalue weighted by atomic mass is 10.1. The fourth-order valence-electron chi connectivity index (χ4n) is 2.49. The Labute approximate surface area is 111 Å². The van der Waals surface area contributed by atoms with Crippen LogP contribution in [0, 0.1) is 20.8 Å². The van der Waals surface area contributed by atoms with Gasteiger partial charge >= 0.3 is 0 Å². The van der Waals surface area contributed by atoms with Crippen molar-refractivity contribution in [3.8, 4) is 5.75 Å². The topological polar surface area (TPSA) is 21.3 Å². The van der Waals surface area contributed by atoms with Crippen molar-refractivity contribution in [1.29, 1.82) is 0 Å². The van der Waals surface area contributed by atoms with Crippen molar-refractivity contribution in [1.82, 2.24) is 5.32 Å². The van der Waals surface area contributed by atoms with E-state index in [0.29, 0.717) is 0 Å². The highest BCUT2D eigenvalue weighted by Crippen LogP contribution is 2.41. The van der Waals surface area contributed by atoms with Crippen molar-refractivity contribution in [2.75, 3.05) is 13.1 Å². The first-order chi connectivity index (χ1) is 8.56. The second-order valence-corrected chi connectivity index (χ2v) is 5.69. The van der Waals surface area contributed by atoms with Gasteiger partial charge in [0.25, 0.3) is 0 Å². The largest absolute Gasteiger partial charge is 0.485 e. The molecule has 0 radical (unpaired) electrons. The third-order valence-electron chi connectivity index (χ3n) is 3.60. The molecule has 0 bridgehead atoms. The van der Waals surface area contributed by atoms with Gasteiger partial charge in [0, 0.05) is 6.54 Å². The molecule has 1 saturated carbocycles. The molecule has 2 heteroatoms. The zero-order chi connectivity index (χ0) is 13.2. The molecule has 1 N–H and O–H groups in total. The Morgan fingerprint density at radius 1 is 1.17 bits per heavy atom. The Hall–Kier alpha value is -1.02. The van der Waals surface area contributed by atoms with Crippen molar-refractivity contribution >= 4 is 0 Å². The number of hydrogen-bond acceptors (Lipinski definition) is 2. The number of rotatable bonds is 6. The Morgan fingerprint density at radius 3 is 2.28 bits per heavy atom. The Bertz CT molecular complexity index is 398. The molecule has 0 atom stereocenters. The highest BCUT2D eigenvalue weighted by atomic mass is 16.5. The second kappa shape index (κ2) is 5.31. The second-order valence-electron chi connectivity index (χ2n) is 5.69. The number of aryl methyl sites for hydroxylation is 3. The fourth-order valence-corrected chi connectivity index (χ4v) is 2.49. The molecule has 18 heavy (non-hydrogen) atoms. The molecule has 0 spiro atoms. The maximum atomic E-state index is 6.31. The van der Waals surface area contributed by atoms with Crippen molar-refractivity contribution in [2.24, 2.45) is 0 Å². The van der Waals surface area contributed by atoms with Gasteiger partial charge in [-0.25, -0.2) is 0 Å². The van der Waals surface area contributed by atoms with Crippen molar-refractivity contribution in [3.63, 3.8) is 0 Å². The van der Waals surface area contributed by atoms with Crippen LogP contribution < -0.4 is 10.1 Å². The minimum atomic E-state index is 0.0694. The van der Waals surface area contributed by atoms with Crippen LogP contribution in [0.25, 0.3) is 0 Å². The van der Waals surface area contributed by atoms with Crippen molar-refractivity contribution in [3.05, 3.63) is 28.8 Å². The van der Waals surface area contributed by atoms with E-state index in [1.54, 1.807) is 0 Å². The normalized spacial score (nSPS) is 16.7. The maximum Gasteiger partial charge on any atom is 0.126 e. The lowest BCUT2D eigenvalue weighted by Crippen LogP contribution is -2.34. The third-order valence-corrected chi connectivity index (χ3v) is 3.60. The molecule has 0 aliphatic heterocycles. The molecule has 0 unspecified atom stereocenters. The Balaban J connectivity index is 2.05. The van der Waals surface area contributed by atoms with Crippen molar-refractivity contribution < 1.29 is 4.74 Å². The summed E-state index contributed by atoms with van der Waals surface area (Å²) in [5, 5.41) is 3.48. The van der Waals surface area contributed by atoms with Crippen LogP contribution in [0.2, 0.25) is 0 Å². The molecule has 2 rings (SSSR count). The molecule has 1 aliphatic carbocycles. The van der Waals surface area contributed by atoms with Crippen LogP contribution in [0.3, 0.4) is 0 Å². The molecule has 1 aromatic rings. The molecule has 1 aliphatic rings. The van der Waals surface area contributed by atoms with Crippen LogP contribution in [0.4, 0.5) is 0 Å². The Kier molecular flexibility index (Phi) is 3.96. The summed E-state index contributed by atoms with van der Waals surface area (Å²) >= 11 is 0. The first-order valence-electron chi connectivity index (χ1n) is 7.04. The van der Waals surface area contributed by atoms with E-state index in [4.69, 9.17) is 4.74 Å². The van der Waals surface area contributed by atoms with Crippen LogP contribution >= 0.6 is 0 Å². The number of benzene rings is 1. The average molecular weight is 247 g/mol. The minimum absolute atomic E-state index is 0.0694. The fraction of sp³-hybridized carbons (Fsp3) is 0.625. The van der Waals surface area contributed by atoms with Crippen LogP contribution in [0.1, 0.15) is 42.9 Å². The highest BCUT2D eigenvalue weighted by Gasteiger charge is 2.45. The quantitative estimate of drug-likeness (QED) is 0.777. The number of hydrogen-bond donors (Lipinski definition) is 1.